The fraction of sp³-hybridized carbons (Fsp3) is 0.438. The van der Waals surface area contributed by atoms with Crippen LogP contribution in [0.25, 0.3) is 0 Å². The van der Waals surface area contributed by atoms with Crippen molar-refractivity contribution in [3.8, 4) is 5.75 Å². The molecule has 1 atom stereocenters. The summed E-state index contributed by atoms with van der Waals surface area (Å²) in [5, 5.41) is 8.54. The highest BCUT2D eigenvalue weighted by Crippen LogP contribution is 2.28. The van der Waals surface area contributed by atoms with E-state index in [-0.39, 0.29) is 6.04 Å². The zero-order valence-corrected chi connectivity index (χ0v) is 13.7. The molecule has 4 nitrogen and oxygen atoms in total. The molecule has 0 aliphatic rings. The monoisotopic (exact) mass is 307 g/mol. The van der Waals surface area contributed by atoms with Gasteiger partial charge < -0.3 is 10.1 Å². The molecule has 0 aliphatic carbocycles. The number of likely N-dealkylation sites (N-methyl/N-ethyl adjacent to an activating group) is 1. The fourth-order valence-electron chi connectivity index (χ4n) is 2.43. The summed E-state index contributed by atoms with van der Waals surface area (Å²) in [7, 11) is 1.70. The lowest BCUT2D eigenvalue weighted by Crippen LogP contribution is -2.26. The van der Waals surface area contributed by atoms with Gasteiger partial charge in [0.1, 0.15) is 5.75 Å². The third kappa shape index (κ3) is 3.57. The van der Waals surface area contributed by atoms with Crippen LogP contribution in [-0.2, 0) is 6.54 Å². The normalized spacial score (nSPS) is 12.4. The van der Waals surface area contributed by atoms with Crippen LogP contribution in [0.4, 0.5) is 0 Å². The zero-order chi connectivity index (χ0) is 15.4. The van der Waals surface area contributed by atoms with Crippen LogP contribution in [-0.4, -0.2) is 23.4 Å². The molecule has 0 bridgehead atoms. The fourth-order valence-corrected chi connectivity index (χ4v) is 2.57. The molecule has 0 saturated heterocycles. The van der Waals surface area contributed by atoms with Crippen molar-refractivity contribution in [1.82, 2.24) is 15.1 Å². The average molecular weight is 308 g/mol. The second kappa shape index (κ2) is 6.96. The van der Waals surface area contributed by atoms with Crippen molar-refractivity contribution in [3.63, 3.8) is 0 Å². The Morgan fingerprint density at radius 2 is 2.14 bits per heavy atom. The van der Waals surface area contributed by atoms with Crippen LogP contribution in [0, 0.1) is 13.8 Å². The van der Waals surface area contributed by atoms with Crippen LogP contribution in [0.5, 0.6) is 5.75 Å². The molecular weight excluding hydrogens is 286 g/mol. The number of aryl methyl sites for hydroxylation is 1. The van der Waals surface area contributed by atoms with Crippen molar-refractivity contribution in [1.29, 1.82) is 0 Å². The SMILES string of the molecule is CCNC(Cn1ncc(Cl)c1C)c1cc(C)ccc1OC. The van der Waals surface area contributed by atoms with Gasteiger partial charge in [0.25, 0.3) is 0 Å². The first-order valence-electron chi connectivity index (χ1n) is 7.12. The summed E-state index contributed by atoms with van der Waals surface area (Å²) in [5.74, 6) is 0.891. The first kappa shape index (κ1) is 15.9. The van der Waals surface area contributed by atoms with Crippen LogP contribution in [0.3, 0.4) is 0 Å². The Labute approximate surface area is 131 Å². The first-order valence-corrected chi connectivity index (χ1v) is 7.50. The maximum atomic E-state index is 6.09. The van der Waals surface area contributed by atoms with Gasteiger partial charge in [-0.1, -0.05) is 36.2 Å². The highest BCUT2D eigenvalue weighted by Gasteiger charge is 2.18. The summed E-state index contributed by atoms with van der Waals surface area (Å²) in [6.45, 7) is 7.74. The molecule has 1 heterocycles. The van der Waals surface area contributed by atoms with Crippen molar-refractivity contribution in [2.75, 3.05) is 13.7 Å². The van der Waals surface area contributed by atoms with E-state index >= 15 is 0 Å². The predicted octanol–water partition coefficient (Wildman–Crippen LogP) is 3.51. The maximum absolute atomic E-state index is 6.09. The van der Waals surface area contributed by atoms with E-state index in [1.54, 1.807) is 13.3 Å². The van der Waals surface area contributed by atoms with Crippen LogP contribution in [0.15, 0.2) is 24.4 Å². The molecule has 0 radical (unpaired) electrons. The van der Waals surface area contributed by atoms with Crippen molar-refractivity contribution in [2.24, 2.45) is 0 Å². The van der Waals surface area contributed by atoms with Crippen LogP contribution in [0.2, 0.25) is 5.02 Å². The second-order valence-corrected chi connectivity index (χ2v) is 5.52. The number of nitrogens with one attached hydrogen (secondary N) is 1. The molecule has 1 N–H and O–H groups in total. The molecule has 2 aromatic rings. The van der Waals surface area contributed by atoms with Gasteiger partial charge in [0.2, 0.25) is 0 Å². The Balaban J connectivity index is 2.34. The highest BCUT2D eigenvalue weighted by atomic mass is 35.5. The molecule has 0 amide bonds. The van der Waals surface area contributed by atoms with Gasteiger partial charge in [-0.2, -0.15) is 5.10 Å². The summed E-state index contributed by atoms with van der Waals surface area (Å²) in [5.41, 5.74) is 3.33. The maximum Gasteiger partial charge on any atom is 0.123 e. The number of rotatable bonds is 6. The summed E-state index contributed by atoms with van der Waals surface area (Å²) >= 11 is 6.09. The predicted molar refractivity (Wildman–Crippen MR) is 86.1 cm³/mol. The lowest BCUT2D eigenvalue weighted by molar-refractivity contribution is 0.384. The number of ether oxygens (including phenoxy) is 1. The summed E-state index contributed by atoms with van der Waals surface area (Å²) in [4.78, 5) is 0. The van der Waals surface area contributed by atoms with E-state index < -0.39 is 0 Å². The van der Waals surface area contributed by atoms with Gasteiger partial charge >= 0.3 is 0 Å². The summed E-state index contributed by atoms with van der Waals surface area (Å²) < 4.78 is 7.43. The summed E-state index contributed by atoms with van der Waals surface area (Å²) in [6, 6.07) is 6.35. The van der Waals surface area contributed by atoms with E-state index in [1.165, 1.54) is 5.56 Å². The van der Waals surface area contributed by atoms with E-state index in [9.17, 15) is 0 Å². The average Bonchev–Trinajstić information content (AvgIpc) is 2.78. The molecule has 0 fully saturated rings. The van der Waals surface area contributed by atoms with Gasteiger partial charge in [-0.25, -0.2) is 0 Å². The number of benzene rings is 1. The molecule has 0 aliphatic heterocycles. The molecule has 5 heteroatoms. The topological polar surface area (TPSA) is 39.1 Å². The molecule has 21 heavy (non-hydrogen) atoms. The quantitative estimate of drug-likeness (QED) is 0.887. The van der Waals surface area contributed by atoms with Gasteiger partial charge in [0.15, 0.2) is 0 Å². The standard InChI is InChI=1S/C16H22ClN3O/c1-5-18-15(10-20-12(3)14(17)9-19-20)13-8-11(2)6-7-16(13)21-4/h6-9,15,18H,5,10H2,1-4H3. The number of hydrogen-bond acceptors (Lipinski definition) is 3. The van der Waals surface area contributed by atoms with E-state index in [0.717, 1.165) is 23.6 Å². The number of nitrogens with zero attached hydrogens (tertiary/aromatic N) is 2. The molecule has 2 rings (SSSR count). The van der Waals surface area contributed by atoms with Crippen LogP contribution in [0.1, 0.15) is 29.8 Å². The van der Waals surface area contributed by atoms with E-state index in [4.69, 9.17) is 16.3 Å². The number of hydrogen-bond donors (Lipinski definition) is 1. The van der Waals surface area contributed by atoms with Crippen molar-refractivity contribution in [3.05, 3.63) is 46.2 Å². The lowest BCUT2D eigenvalue weighted by Gasteiger charge is -2.22. The molecule has 1 aromatic heterocycles. The van der Waals surface area contributed by atoms with Crippen molar-refractivity contribution in [2.45, 2.75) is 33.4 Å². The number of aromatic nitrogens is 2. The minimum atomic E-state index is 0.125. The van der Waals surface area contributed by atoms with E-state index in [2.05, 4.69) is 36.4 Å². The van der Waals surface area contributed by atoms with Crippen LogP contribution >= 0.6 is 11.6 Å². The lowest BCUT2D eigenvalue weighted by atomic mass is 10.0. The summed E-state index contributed by atoms with van der Waals surface area (Å²) in [6.07, 6.45) is 1.69. The van der Waals surface area contributed by atoms with Gasteiger partial charge in [-0.15, -0.1) is 0 Å². The van der Waals surface area contributed by atoms with Gasteiger partial charge in [-0.05, 0) is 26.5 Å². The van der Waals surface area contributed by atoms with Crippen molar-refractivity contribution >= 4 is 11.6 Å². The second-order valence-electron chi connectivity index (χ2n) is 5.12. The zero-order valence-electron chi connectivity index (χ0n) is 13.0. The van der Waals surface area contributed by atoms with E-state index in [1.807, 2.05) is 17.7 Å². The minimum Gasteiger partial charge on any atom is -0.496 e. The number of halogens is 1. The van der Waals surface area contributed by atoms with Crippen molar-refractivity contribution < 1.29 is 4.74 Å². The molecule has 1 aromatic carbocycles. The van der Waals surface area contributed by atoms with E-state index in [0.29, 0.717) is 11.6 Å². The van der Waals surface area contributed by atoms with Crippen LogP contribution < -0.4 is 10.1 Å². The molecule has 0 saturated carbocycles. The third-order valence-electron chi connectivity index (χ3n) is 3.61. The molecular formula is C16H22ClN3O. The Hall–Kier alpha value is -1.52. The molecule has 1 unspecified atom stereocenters. The van der Waals surface area contributed by atoms with Gasteiger partial charge in [0.05, 0.1) is 36.6 Å². The van der Waals surface area contributed by atoms with Gasteiger partial charge in [0, 0.05) is 5.56 Å². The Bertz CT molecular complexity index is 610. The Morgan fingerprint density at radius 3 is 2.71 bits per heavy atom. The first-order chi connectivity index (χ1) is 10.1. The van der Waals surface area contributed by atoms with Gasteiger partial charge in [-0.3, -0.25) is 4.68 Å². The minimum absolute atomic E-state index is 0.125. The molecule has 114 valence electrons. The number of methoxy groups -OCH3 is 1. The Kier molecular flexibility index (Phi) is 5.26. The largest absolute Gasteiger partial charge is 0.496 e. The molecule has 0 spiro atoms. The third-order valence-corrected chi connectivity index (χ3v) is 3.98. The highest BCUT2D eigenvalue weighted by molar-refractivity contribution is 6.31. The smallest absolute Gasteiger partial charge is 0.123 e. The Morgan fingerprint density at radius 1 is 1.38 bits per heavy atom.